The molecular formula is C26H32N6O2. The van der Waals surface area contributed by atoms with Gasteiger partial charge in [0.1, 0.15) is 11.4 Å². The van der Waals surface area contributed by atoms with Gasteiger partial charge in [0.25, 0.3) is 0 Å². The van der Waals surface area contributed by atoms with Crippen molar-refractivity contribution < 1.29 is 9.53 Å². The molecule has 8 nitrogen and oxygen atoms in total. The number of rotatable bonds is 6. The Labute approximate surface area is 201 Å². The molecule has 1 fully saturated rings. The average Bonchev–Trinajstić information content (AvgIpc) is 3.23. The largest absolute Gasteiger partial charge is 0.444 e. The van der Waals surface area contributed by atoms with Crippen LogP contribution in [0.15, 0.2) is 30.5 Å². The van der Waals surface area contributed by atoms with Crippen LogP contribution in [-0.2, 0) is 4.74 Å². The number of nitrogens with one attached hydrogen (secondary N) is 3. The highest BCUT2D eigenvalue weighted by molar-refractivity contribution is 5.68. The molecule has 2 aromatic rings. The van der Waals surface area contributed by atoms with Crippen LogP contribution in [0.25, 0.3) is 0 Å². The summed E-state index contributed by atoms with van der Waals surface area (Å²) >= 11 is 0. The number of carbonyl (C=O) groups is 1. The highest BCUT2D eigenvalue weighted by Crippen LogP contribution is 2.26. The van der Waals surface area contributed by atoms with Crippen molar-refractivity contribution in [1.29, 1.82) is 5.26 Å². The number of nitriles is 1. The average molecular weight is 461 g/mol. The monoisotopic (exact) mass is 460 g/mol. The minimum absolute atomic E-state index is 0.0714. The molecule has 3 N–H and O–H groups in total. The van der Waals surface area contributed by atoms with Gasteiger partial charge in [-0.1, -0.05) is 18.8 Å². The SMILES string of the molecule is CCCNc1nc(Nc2ccc(C#N)cc2)ncc1C#C[C@@H]1CC[C@H](NC(=O)OC(C)(C)C)C1. The maximum Gasteiger partial charge on any atom is 0.407 e. The van der Waals surface area contributed by atoms with Gasteiger partial charge >= 0.3 is 6.09 Å². The molecule has 8 heteroatoms. The Kier molecular flexibility index (Phi) is 8.32. The third-order valence-corrected chi connectivity index (χ3v) is 5.17. The van der Waals surface area contributed by atoms with Crippen LogP contribution in [0.2, 0.25) is 0 Å². The second-order valence-corrected chi connectivity index (χ2v) is 9.32. The fraction of sp³-hybridized carbons (Fsp3) is 0.462. The molecular weight excluding hydrogens is 428 g/mol. The predicted molar refractivity (Wildman–Crippen MR) is 133 cm³/mol. The van der Waals surface area contributed by atoms with Gasteiger partial charge in [-0.3, -0.25) is 0 Å². The van der Waals surface area contributed by atoms with E-state index in [1.54, 1.807) is 18.3 Å². The first-order valence-electron chi connectivity index (χ1n) is 11.6. The lowest BCUT2D eigenvalue weighted by atomic mass is 10.1. The lowest BCUT2D eigenvalue weighted by Crippen LogP contribution is -2.37. The molecule has 1 aromatic heterocycles. The third-order valence-electron chi connectivity index (χ3n) is 5.17. The Morgan fingerprint density at radius 1 is 1.24 bits per heavy atom. The zero-order chi connectivity index (χ0) is 24.6. The van der Waals surface area contributed by atoms with Gasteiger partial charge in [-0.25, -0.2) is 9.78 Å². The highest BCUT2D eigenvalue weighted by atomic mass is 16.6. The van der Waals surface area contributed by atoms with E-state index in [9.17, 15) is 4.79 Å². The van der Waals surface area contributed by atoms with E-state index in [0.717, 1.165) is 43.5 Å². The highest BCUT2D eigenvalue weighted by Gasteiger charge is 2.26. The molecule has 0 bridgehead atoms. The van der Waals surface area contributed by atoms with E-state index in [1.165, 1.54) is 0 Å². The summed E-state index contributed by atoms with van der Waals surface area (Å²) in [5.41, 5.74) is 1.62. The summed E-state index contributed by atoms with van der Waals surface area (Å²) in [5.74, 6) is 7.90. The van der Waals surface area contributed by atoms with Crippen LogP contribution in [0.1, 0.15) is 64.5 Å². The number of alkyl carbamates (subject to hydrolysis) is 1. The van der Waals surface area contributed by atoms with E-state index in [4.69, 9.17) is 10.00 Å². The molecule has 3 rings (SSSR count). The summed E-state index contributed by atoms with van der Waals surface area (Å²) in [5, 5.41) is 18.4. The van der Waals surface area contributed by atoms with Crippen LogP contribution >= 0.6 is 0 Å². The normalized spacial score (nSPS) is 17.1. The quantitative estimate of drug-likeness (QED) is 0.522. The standard InChI is InChI=1S/C26H32N6O2/c1-5-14-28-23-20(17-29-24(32-23)30-21-11-8-19(16-27)9-12-21)10-6-18-7-13-22(15-18)31-25(33)34-26(2,3)4/h8-9,11-12,17-18,22H,5,7,13-15H2,1-4H3,(H,31,33)(H2,28,29,30,32)/t18-,22+/m1/s1. The van der Waals surface area contributed by atoms with Gasteiger partial charge in [0.2, 0.25) is 5.95 Å². The van der Waals surface area contributed by atoms with Gasteiger partial charge in [0.15, 0.2) is 0 Å². The number of amides is 1. The first-order chi connectivity index (χ1) is 16.3. The van der Waals surface area contributed by atoms with Crippen molar-refractivity contribution >= 4 is 23.5 Å². The maximum atomic E-state index is 12.0. The van der Waals surface area contributed by atoms with Crippen LogP contribution in [0.5, 0.6) is 0 Å². The topological polar surface area (TPSA) is 112 Å². The molecule has 1 heterocycles. The molecule has 0 saturated heterocycles. The van der Waals surface area contributed by atoms with Crippen LogP contribution < -0.4 is 16.0 Å². The van der Waals surface area contributed by atoms with Crippen LogP contribution in [0.3, 0.4) is 0 Å². The van der Waals surface area contributed by atoms with Crippen molar-refractivity contribution in [3.05, 3.63) is 41.6 Å². The summed E-state index contributed by atoms with van der Waals surface area (Å²) in [6.45, 7) is 8.42. The number of carbonyl (C=O) groups excluding carboxylic acids is 1. The Morgan fingerprint density at radius 3 is 2.68 bits per heavy atom. The number of ether oxygens (including phenoxy) is 1. The second kappa shape index (κ2) is 11.4. The number of hydrogen-bond donors (Lipinski definition) is 3. The van der Waals surface area contributed by atoms with E-state index >= 15 is 0 Å². The molecule has 0 aliphatic heterocycles. The molecule has 0 radical (unpaired) electrons. The second-order valence-electron chi connectivity index (χ2n) is 9.32. The van der Waals surface area contributed by atoms with E-state index < -0.39 is 5.60 Å². The fourth-order valence-corrected chi connectivity index (χ4v) is 3.57. The van der Waals surface area contributed by atoms with Crippen LogP contribution in [0, 0.1) is 29.1 Å². The molecule has 1 saturated carbocycles. The van der Waals surface area contributed by atoms with Crippen LogP contribution in [-0.4, -0.2) is 34.2 Å². The molecule has 178 valence electrons. The summed E-state index contributed by atoms with van der Waals surface area (Å²) < 4.78 is 5.35. The van der Waals surface area contributed by atoms with Crippen molar-refractivity contribution in [2.45, 2.75) is 65.0 Å². The van der Waals surface area contributed by atoms with Crippen molar-refractivity contribution in [2.75, 3.05) is 17.2 Å². The molecule has 1 aromatic carbocycles. The number of anilines is 3. The van der Waals surface area contributed by atoms with Crippen LogP contribution in [0.4, 0.5) is 22.2 Å². The summed E-state index contributed by atoms with van der Waals surface area (Å²) in [7, 11) is 0. The van der Waals surface area contributed by atoms with E-state index in [2.05, 4.69) is 50.8 Å². The first-order valence-corrected chi connectivity index (χ1v) is 11.6. The first kappa shape index (κ1) is 24.9. The van der Waals surface area contributed by atoms with Crippen molar-refractivity contribution in [3.8, 4) is 17.9 Å². The Balaban J connectivity index is 1.66. The Hall–Kier alpha value is -3.78. The molecule has 1 aliphatic rings. The van der Waals surface area contributed by atoms with E-state index in [0.29, 0.717) is 17.3 Å². The summed E-state index contributed by atoms with van der Waals surface area (Å²) in [6, 6.07) is 9.29. The van der Waals surface area contributed by atoms with Crippen molar-refractivity contribution in [2.24, 2.45) is 5.92 Å². The number of nitrogens with zero attached hydrogens (tertiary/aromatic N) is 3. The van der Waals surface area contributed by atoms with Gasteiger partial charge in [0.05, 0.1) is 23.4 Å². The smallest absolute Gasteiger partial charge is 0.407 e. The lowest BCUT2D eigenvalue weighted by Gasteiger charge is -2.21. The predicted octanol–water partition coefficient (Wildman–Crippen LogP) is 4.96. The molecule has 2 atom stereocenters. The van der Waals surface area contributed by atoms with Crippen molar-refractivity contribution in [1.82, 2.24) is 15.3 Å². The molecule has 34 heavy (non-hydrogen) atoms. The fourth-order valence-electron chi connectivity index (χ4n) is 3.57. The minimum atomic E-state index is -0.509. The summed E-state index contributed by atoms with van der Waals surface area (Å²) in [6.07, 6.45) is 4.89. The molecule has 1 amide bonds. The molecule has 1 aliphatic carbocycles. The van der Waals surface area contributed by atoms with Gasteiger partial charge < -0.3 is 20.7 Å². The van der Waals surface area contributed by atoms with E-state index in [1.807, 2.05) is 32.9 Å². The third kappa shape index (κ3) is 7.67. The van der Waals surface area contributed by atoms with Gasteiger partial charge in [-0.05, 0) is 70.7 Å². The Bertz CT molecular complexity index is 1090. The maximum absolute atomic E-state index is 12.0. The summed E-state index contributed by atoms with van der Waals surface area (Å²) in [4.78, 5) is 21.0. The zero-order valence-corrected chi connectivity index (χ0v) is 20.2. The van der Waals surface area contributed by atoms with Crippen molar-refractivity contribution in [3.63, 3.8) is 0 Å². The van der Waals surface area contributed by atoms with Gasteiger partial charge in [-0.2, -0.15) is 10.2 Å². The van der Waals surface area contributed by atoms with Gasteiger partial charge in [0, 0.05) is 24.2 Å². The minimum Gasteiger partial charge on any atom is -0.444 e. The van der Waals surface area contributed by atoms with E-state index in [-0.39, 0.29) is 18.1 Å². The van der Waals surface area contributed by atoms with Gasteiger partial charge in [-0.15, -0.1) is 0 Å². The lowest BCUT2D eigenvalue weighted by molar-refractivity contribution is 0.0505. The zero-order valence-electron chi connectivity index (χ0n) is 20.2. The Morgan fingerprint density at radius 2 is 2.00 bits per heavy atom. The number of aromatic nitrogens is 2. The molecule has 0 unspecified atom stereocenters. The number of hydrogen-bond acceptors (Lipinski definition) is 7. The molecule has 0 spiro atoms. The number of benzene rings is 1.